The molecule has 0 saturated heterocycles. The molecule has 0 heterocycles. The molecular weight excluding hydrogens is 240 g/mol. The van der Waals surface area contributed by atoms with Crippen LogP contribution in [0.3, 0.4) is 0 Å². The van der Waals surface area contributed by atoms with E-state index in [9.17, 15) is 14.9 Å². The lowest BCUT2D eigenvalue weighted by Crippen LogP contribution is -1.94. The molecule has 0 unspecified atom stereocenters. The van der Waals surface area contributed by atoms with Crippen LogP contribution in [0.4, 0.5) is 11.4 Å². The van der Waals surface area contributed by atoms with Crippen LogP contribution >= 0.6 is 11.8 Å². The summed E-state index contributed by atoms with van der Waals surface area (Å²) in [5, 5.41) is 10.7. The van der Waals surface area contributed by atoms with Gasteiger partial charge in [-0.3, -0.25) is 14.9 Å². The van der Waals surface area contributed by atoms with E-state index in [0.29, 0.717) is 11.4 Å². The molecule has 1 aromatic rings. The SMILES string of the molecule is CC(=O)SCC#Cc1cc(N)ccc1[N+](=O)[O-]. The number of nitrogen functional groups attached to an aromatic ring is 1. The van der Waals surface area contributed by atoms with Crippen molar-refractivity contribution in [2.75, 3.05) is 11.5 Å². The molecule has 0 amide bonds. The molecule has 1 aromatic carbocycles. The number of nitro benzene ring substituents is 1. The van der Waals surface area contributed by atoms with Crippen LogP contribution in [0.25, 0.3) is 0 Å². The Hall–Kier alpha value is -2.00. The van der Waals surface area contributed by atoms with Gasteiger partial charge in [-0.2, -0.15) is 0 Å². The molecule has 1 rings (SSSR count). The zero-order valence-corrected chi connectivity index (χ0v) is 9.91. The zero-order chi connectivity index (χ0) is 12.8. The minimum atomic E-state index is -0.512. The van der Waals surface area contributed by atoms with Crippen molar-refractivity contribution in [2.45, 2.75) is 6.92 Å². The Kier molecular flexibility index (Phi) is 4.55. The Labute approximate surface area is 103 Å². The van der Waals surface area contributed by atoms with Gasteiger partial charge in [0.1, 0.15) is 5.56 Å². The maximum absolute atomic E-state index is 10.7. The number of nitrogens with two attached hydrogens (primary N) is 1. The van der Waals surface area contributed by atoms with E-state index in [1.165, 1.54) is 25.1 Å². The smallest absolute Gasteiger partial charge is 0.285 e. The predicted octanol–water partition coefficient (Wildman–Crippen LogP) is 1.81. The largest absolute Gasteiger partial charge is 0.399 e. The maximum atomic E-state index is 10.7. The number of carbonyl (C=O) groups excluding carboxylic acids is 1. The highest BCUT2D eigenvalue weighted by atomic mass is 32.2. The molecular formula is C11H10N2O3S. The van der Waals surface area contributed by atoms with E-state index in [1.54, 1.807) is 0 Å². The number of anilines is 1. The molecule has 17 heavy (non-hydrogen) atoms. The Bertz CT molecular complexity index is 517. The van der Waals surface area contributed by atoms with Gasteiger partial charge in [0.25, 0.3) is 5.69 Å². The summed E-state index contributed by atoms with van der Waals surface area (Å²) < 4.78 is 0. The Morgan fingerprint density at radius 1 is 1.59 bits per heavy atom. The van der Waals surface area contributed by atoms with Gasteiger partial charge in [0.05, 0.1) is 10.7 Å². The summed E-state index contributed by atoms with van der Waals surface area (Å²) in [6.45, 7) is 1.44. The van der Waals surface area contributed by atoms with Crippen LogP contribution in [0.2, 0.25) is 0 Å². The zero-order valence-electron chi connectivity index (χ0n) is 9.10. The van der Waals surface area contributed by atoms with Crippen molar-refractivity contribution in [1.29, 1.82) is 0 Å². The number of nitrogens with zero attached hydrogens (tertiary/aromatic N) is 1. The van der Waals surface area contributed by atoms with E-state index < -0.39 is 4.92 Å². The Morgan fingerprint density at radius 2 is 2.29 bits per heavy atom. The molecule has 0 saturated carbocycles. The summed E-state index contributed by atoms with van der Waals surface area (Å²) >= 11 is 1.06. The molecule has 0 fully saturated rings. The minimum Gasteiger partial charge on any atom is -0.399 e. The third kappa shape index (κ3) is 4.17. The summed E-state index contributed by atoms with van der Waals surface area (Å²) in [5.74, 6) is 5.64. The molecule has 0 atom stereocenters. The third-order valence-corrected chi connectivity index (χ3v) is 2.48. The van der Waals surface area contributed by atoms with Crippen LogP contribution in [0.1, 0.15) is 12.5 Å². The molecule has 0 bridgehead atoms. The molecule has 5 nitrogen and oxygen atoms in total. The van der Waals surface area contributed by atoms with Crippen molar-refractivity contribution in [3.8, 4) is 11.8 Å². The summed E-state index contributed by atoms with van der Waals surface area (Å²) in [4.78, 5) is 20.9. The lowest BCUT2D eigenvalue weighted by Gasteiger charge is -1.96. The summed E-state index contributed by atoms with van der Waals surface area (Å²) in [6.07, 6.45) is 0. The molecule has 0 aliphatic heterocycles. The lowest BCUT2D eigenvalue weighted by atomic mass is 10.1. The van der Waals surface area contributed by atoms with E-state index in [-0.39, 0.29) is 16.4 Å². The first-order chi connectivity index (χ1) is 8.00. The first kappa shape index (κ1) is 13.1. The number of nitro groups is 1. The number of carbonyl (C=O) groups is 1. The predicted molar refractivity (Wildman–Crippen MR) is 67.5 cm³/mol. The van der Waals surface area contributed by atoms with Crippen molar-refractivity contribution in [1.82, 2.24) is 0 Å². The summed E-state index contributed by atoms with van der Waals surface area (Å²) in [5.41, 5.74) is 6.13. The minimum absolute atomic E-state index is 0.0404. The standard InChI is InChI=1S/C11H10N2O3S/c1-8(14)17-6-2-3-9-7-10(12)4-5-11(9)13(15)16/h4-5,7H,6,12H2,1H3. The number of benzene rings is 1. The monoisotopic (exact) mass is 250 g/mol. The van der Waals surface area contributed by atoms with Crippen molar-refractivity contribution in [3.63, 3.8) is 0 Å². The number of thioether (sulfide) groups is 1. The van der Waals surface area contributed by atoms with Gasteiger partial charge in [-0.05, 0) is 12.1 Å². The fourth-order valence-electron chi connectivity index (χ4n) is 1.08. The van der Waals surface area contributed by atoms with Gasteiger partial charge >= 0.3 is 0 Å². The van der Waals surface area contributed by atoms with E-state index in [1.807, 2.05) is 0 Å². The molecule has 6 heteroatoms. The van der Waals surface area contributed by atoms with Gasteiger partial charge < -0.3 is 5.73 Å². The first-order valence-electron chi connectivity index (χ1n) is 4.67. The summed E-state index contributed by atoms with van der Waals surface area (Å²) in [7, 11) is 0. The van der Waals surface area contributed by atoms with Crippen LogP contribution in [-0.4, -0.2) is 15.8 Å². The van der Waals surface area contributed by atoms with E-state index in [0.717, 1.165) is 11.8 Å². The van der Waals surface area contributed by atoms with Crippen LogP contribution < -0.4 is 5.73 Å². The molecule has 0 aliphatic rings. The topological polar surface area (TPSA) is 86.2 Å². The fraction of sp³-hybridized carbons (Fsp3) is 0.182. The first-order valence-corrected chi connectivity index (χ1v) is 5.65. The van der Waals surface area contributed by atoms with E-state index >= 15 is 0 Å². The second-order valence-corrected chi connectivity index (χ2v) is 4.27. The molecule has 0 radical (unpaired) electrons. The maximum Gasteiger partial charge on any atom is 0.285 e. The number of hydrogen-bond acceptors (Lipinski definition) is 5. The average molecular weight is 250 g/mol. The second kappa shape index (κ2) is 5.92. The van der Waals surface area contributed by atoms with Gasteiger partial charge in [-0.25, -0.2) is 0 Å². The van der Waals surface area contributed by atoms with Gasteiger partial charge in [-0.15, -0.1) is 0 Å². The molecule has 0 spiro atoms. The van der Waals surface area contributed by atoms with Crippen LogP contribution in [0.15, 0.2) is 18.2 Å². The Balaban J connectivity index is 2.92. The third-order valence-electron chi connectivity index (χ3n) is 1.79. The normalized spacial score (nSPS) is 9.24. The quantitative estimate of drug-likeness (QED) is 0.374. The average Bonchev–Trinajstić information content (AvgIpc) is 2.23. The van der Waals surface area contributed by atoms with Gasteiger partial charge in [0, 0.05) is 18.7 Å². The van der Waals surface area contributed by atoms with Gasteiger partial charge in [0.2, 0.25) is 0 Å². The van der Waals surface area contributed by atoms with Gasteiger partial charge in [-0.1, -0.05) is 23.6 Å². The van der Waals surface area contributed by atoms with E-state index in [4.69, 9.17) is 5.73 Å². The number of rotatable bonds is 2. The lowest BCUT2D eigenvalue weighted by molar-refractivity contribution is -0.385. The van der Waals surface area contributed by atoms with Crippen molar-refractivity contribution < 1.29 is 9.72 Å². The van der Waals surface area contributed by atoms with E-state index in [2.05, 4.69) is 11.8 Å². The summed E-state index contributed by atoms with van der Waals surface area (Å²) in [6, 6.07) is 4.22. The number of hydrogen-bond donors (Lipinski definition) is 1. The molecule has 0 aromatic heterocycles. The second-order valence-electron chi connectivity index (χ2n) is 3.12. The Morgan fingerprint density at radius 3 is 2.88 bits per heavy atom. The van der Waals surface area contributed by atoms with Crippen molar-refractivity contribution in [2.24, 2.45) is 0 Å². The van der Waals surface area contributed by atoms with Crippen LogP contribution in [0.5, 0.6) is 0 Å². The highest BCUT2D eigenvalue weighted by Crippen LogP contribution is 2.20. The van der Waals surface area contributed by atoms with Crippen molar-refractivity contribution in [3.05, 3.63) is 33.9 Å². The molecule has 0 aliphatic carbocycles. The molecule has 88 valence electrons. The highest BCUT2D eigenvalue weighted by Gasteiger charge is 2.11. The fourth-order valence-corrected chi connectivity index (χ4v) is 1.43. The highest BCUT2D eigenvalue weighted by molar-refractivity contribution is 8.13. The van der Waals surface area contributed by atoms with Crippen molar-refractivity contribution >= 4 is 28.3 Å². The van der Waals surface area contributed by atoms with Crippen LogP contribution in [0, 0.1) is 22.0 Å². The molecule has 2 N–H and O–H groups in total. The van der Waals surface area contributed by atoms with Crippen LogP contribution in [-0.2, 0) is 4.79 Å². The van der Waals surface area contributed by atoms with Gasteiger partial charge in [0.15, 0.2) is 5.12 Å².